The molecule has 1 aliphatic rings. The lowest BCUT2D eigenvalue weighted by Gasteiger charge is -2.34. The Balaban J connectivity index is 1.47. The van der Waals surface area contributed by atoms with E-state index in [1.54, 1.807) is 30.3 Å². The van der Waals surface area contributed by atoms with Gasteiger partial charge in [-0.25, -0.2) is 9.37 Å². The largest absolute Gasteiger partial charge is 0.479 e. The summed E-state index contributed by atoms with van der Waals surface area (Å²) in [5.74, 6) is 0.108. The van der Waals surface area contributed by atoms with Crippen molar-refractivity contribution >= 4 is 28.8 Å². The lowest BCUT2D eigenvalue weighted by Crippen LogP contribution is -2.44. The highest BCUT2D eigenvalue weighted by Gasteiger charge is 2.17. The van der Waals surface area contributed by atoms with Crippen molar-refractivity contribution in [3.05, 3.63) is 60.0 Å². The molecule has 0 bridgehead atoms. The molecule has 0 saturated carbocycles. The molecule has 0 amide bonds. The number of nitrogens with one attached hydrogen (secondary N) is 2. The summed E-state index contributed by atoms with van der Waals surface area (Å²) in [6.45, 7) is 3.56. The Labute approximate surface area is 197 Å². The van der Waals surface area contributed by atoms with Gasteiger partial charge in [-0.2, -0.15) is 15.5 Å². The molecular weight excluding hydrogens is 435 g/mol. The minimum Gasteiger partial charge on any atom is -0.479 e. The molecule has 2 heterocycles. The van der Waals surface area contributed by atoms with Crippen LogP contribution in [0.1, 0.15) is 5.56 Å². The molecule has 1 aromatic heterocycles. The molecule has 1 saturated heterocycles. The molecule has 9 nitrogen and oxygen atoms in total. The van der Waals surface area contributed by atoms with E-state index in [9.17, 15) is 9.65 Å². The third kappa shape index (κ3) is 5.49. The first-order chi connectivity index (χ1) is 16.6. The fraction of sp³-hybridized carbons (Fsp3) is 0.250. The molecule has 10 heteroatoms. The van der Waals surface area contributed by atoms with Gasteiger partial charge in [-0.05, 0) is 49.5 Å². The second kappa shape index (κ2) is 10.5. The van der Waals surface area contributed by atoms with Crippen molar-refractivity contribution < 1.29 is 9.13 Å². The van der Waals surface area contributed by atoms with Gasteiger partial charge < -0.3 is 25.2 Å². The topological polar surface area (TPSA) is 113 Å². The molecule has 0 unspecified atom stereocenters. The Kier molecular flexibility index (Phi) is 7.01. The molecule has 2 N–H and O–H groups in total. The predicted molar refractivity (Wildman–Crippen MR) is 127 cm³/mol. The van der Waals surface area contributed by atoms with Crippen LogP contribution in [0.15, 0.2) is 48.7 Å². The van der Waals surface area contributed by atoms with E-state index in [1.165, 1.54) is 0 Å². The number of piperazine rings is 1. The van der Waals surface area contributed by atoms with E-state index in [2.05, 4.69) is 43.5 Å². The highest BCUT2D eigenvalue weighted by molar-refractivity contribution is 5.68. The Morgan fingerprint density at radius 3 is 2.47 bits per heavy atom. The number of halogens is 1. The molecule has 1 aliphatic heterocycles. The Bertz CT molecular complexity index is 1230. The SMILES string of the molecule is CN1CCN(c2ccc(Nc3ncc(F)c(Nc4ccc(OCC#N)cc4)n3)cc2C#N)CC1. The van der Waals surface area contributed by atoms with E-state index in [4.69, 9.17) is 10.00 Å². The van der Waals surface area contributed by atoms with Gasteiger partial charge in [0.1, 0.15) is 17.9 Å². The van der Waals surface area contributed by atoms with Crippen LogP contribution in [0.2, 0.25) is 0 Å². The molecule has 1 fully saturated rings. The number of aromatic nitrogens is 2. The fourth-order valence-corrected chi connectivity index (χ4v) is 3.56. The number of ether oxygens (including phenoxy) is 1. The monoisotopic (exact) mass is 458 g/mol. The maximum absolute atomic E-state index is 14.3. The molecule has 4 rings (SSSR count). The van der Waals surface area contributed by atoms with Crippen molar-refractivity contribution in [3.63, 3.8) is 0 Å². The zero-order chi connectivity index (χ0) is 23.9. The van der Waals surface area contributed by atoms with Gasteiger partial charge in [-0.1, -0.05) is 0 Å². The van der Waals surface area contributed by atoms with Gasteiger partial charge in [0.2, 0.25) is 5.95 Å². The summed E-state index contributed by atoms with van der Waals surface area (Å²) in [5, 5.41) is 24.2. The van der Waals surface area contributed by atoms with Gasteiger partial charge in [0.05, 0.1) is 17.4 Å². The molecule has 0 aliphatic carbocycles. The normalized spacial score (nSPS) is 13.6. The number of hydrogen-bond acceptors (Lipinski definition) is 9. The number of nitrogens with zero attached hydrogens (tertiary/aromatic N) is 6. The maximum atomic E-state index is 14.3. The summed E-state index contributed by atoms with van der Waals surface area (Å²) in [5.41, 5.74) is 2.67. The van der Waals surface area contributed by atoms with Crippen LogP contribution in [0.3, 0.4) is 0 Å². The summed E-state index contributed by atoms with van der Waals surface area (Å²) < 4.78 is 19.5. The molecule has 0 atom stereocenters. The first-order valence-electron chi connectivity index (χ1n) is 10.7. The highest BCUT2D eigenvalue weighted by atomic mass is 19.1. The van der Waals surface area contributed by atoms with Crippen LogP contribution in [-0.2, 0) is 0 Å². The van der Waals surface area contributed by atoms with Gasteiger partial charge >= 0.3 is 0 Å². The fourth-order valence-electron chi connectivity index (χ4n) is 3.56. The van der Waals surface area contributed by atoms with Crippen molar-refractivity contribution in [2.24, 2.45) is 0 Å². The van der Waals surface area contributed by atoms with Gasteiger partial charge in [-0.3, -0.25) is 0 Å². The van der Waals surface area contributed by atoms with E-state index in [0.29, 0.717) is 22.7 Å². The predicted octanol–water partition coefficient (Wildman–Crippen LogP) is 3.63. The van der Waals surface area contributed by atoms with Crippen molar-refractivity contribution in [2.45, 2.75) is 0 Å². The molecule has 3 aromatic rings. The van der Waals surface area contributed by atoms with Gasteiger partial charge in [-0.15, -0.1) is 0 Å². The van der Waals surface area contributed by atoms with Gasteiger partial charge in [0, 0.05) is 37.6 Å². The van der Waals surface area contributed by atoms with Crippen LogP contribution in [0.25, 0.3) is 0 Å². The molecule has 0 spiro atoms. The second-order valence-electron chi connectivity index (χ2n) is 7.75. The zero-order valence-corrected chi connectivity index (χ0v) is 18.6. The van der Waals surface area contributed by atoms with Crippen LogP contribution < -0.4 is 20.3 Å². The first-order valence-corrected chi connectivity index (χ1v) is 10.7. The second-order valence-corrected chi connectivity index (χ2v) is 7.75. The number of anilines is 5. The molecule has 0 radical (unpaired) electrons. The standard InChI is InChI=1S/C24H23FN8O/c1-32-9-11-33(12-10-32)22-7-4-19(14-17(22)15-27)30-24-28-16-21(25)23(31-24)29-18-2-5-20(6-3-18)34-13-8-26/h2-7,14,16H,9-13H2,1H3,(H2,28,29,30,31). The van der Waals surface area contributed by atoms with Crippen LogP contribution in [0.4, 0.5) is 33.2 Å². The van der Waals surface area contributed by atoms with Gasteiger partial charge in [0.25, 0.3) is 0 Å². The van der Waals surface area contributed by atoms with E-state index in [-0.39, 0.29) is 18.4 Å². The third-order valence-corrected chi connectivity index (χ3v) is 5.38. The number of hydrogen-bond donors (Lipinski definition) is 2. The Morgan fingerprint density at radius 2 is 1.76 bits per heavy atom. The van der Waals surface area contributed by atoms with E-state index >= 15 is 0 Å². The van der Waals surface area contributed by atoms with Crippen molar-refractivity contribution in [1.29, 1.82) is 10.5 Å². The van der Waals surface area contributed by atoms with Crippen LogP contribution in [0, 0.1) is 28.5 Å². The van der Waals surface area contributed by atoms with E-state index in [1.807, 2.05) is 18.2 Å². The number of likely N-dealkylation sites (N-methyl/N-ethyl adjacent to an activating group) is 1. The van der Waals surface area contributed by atoms with E-state index < -0.39 is 5.82 Å². The lowest BCUT2D eigenvalue weighted by atomic mass is 10.1. The van der Waals surface area contributed by atoms with Crippen LogP contribution >= 0.6 is 0 Å². The minimum atomic E-state index is -0.613. The number of benzene rings is 2. The number of nitriles is 2. The summed E-state index contributed by atoms with van der Waals surface area (Å²) in [6, 6.07) is 16.4. The Morgan fingerprint density at radius 1 is 1.03 bits per heavy atom. The average Bonchev–Trinajstić information content (AvgIpc) is 2.86. The summed E-state index contributed by atoms with van der Waals surface area (Å²) in [6.07, 6.45) is 1.08. The average molecular weight is 459 g/mol. The van der Waals surface area contributed by atoms with Crippen molar-refractivity contribution in [3.8, 4) is 17.9 Å². The molecular formula is C24H23FN8O. The summed E-state index contributed by atoms with van der Waals surface area (Å²) >= 11 is 0. The first kappa shape index (κ1) is 22.8. The smallest absolute Gasteiger partial charge is 0.229 e. The summed E-state index contributed by atoms with van der Waals surface area (Å²) in [7, 11) is 2.09. The lowest BCUT2D eigenvalue weighted by molar-refractivity contribution is 0.313. The van der Waals surface area contributed by atoms with E-state index in [0.717, 1.165) is 38.1 Å². The minimum absolute atomic E-state index is 0.00208. The van der Waals surface area contributed by atoms with Crippen molar-refractivity contribution in [2.75, 3.05) is 55.4 Å². The van der Waals surface area contributed by atoms with Gasteiger partial charge in [0.15, 0.2) is 18.2 Å². The highest BCUT2D eigenvalue weighted by Crippen LogP contribution is 2.27. The molecule has 172 valence electrons. The number of rotatable bonds is 7. The summed E-state index contributed by atoms with van der Waals surface area (Å²) in [4.78, 5) is 12.7. The quantitative estimate of drug-likeness (QED) is 0.548. The van der Waals surface area contributed by atoms with Crippen LogP contribution in [-0.4, -0.2) is 54.7 Å². The molecule has 34 heavy (non-hydrogen) atoms. The Hall–Kier alpha value is -4.41. The maximum Gasteiger partial charge on any atom is 0.229 e. The third-order valence-electron chi connectivity index (χ3n) is 5.38. The van der Waals surface area contributed by atoms with Crippen molar-refractivity contribution in [1.82, 2.24) is 14.9 Å². The zero-order valence-electron chi connectivity index (χ0n) is 18.6. The molecule has 2 aromatic carbocycles. The van der Waals surface area contributed by atoms with Crippen LogP contribution in [0.5, 0.6) is 5.75 Å².